The number of hydrogen-bond donors (Lipinski definition) is 2. The molecular weight excluding hydrogens is 282 g/mol. The monoisotopic (exact) mass is 300 g/mol. The molecule has 1 aromatic carbocycles. The third-order valence-corrected chi connectivity index (χ3v) is 3.21. The topological polar surface area (TPSA) is 59.6 Å². The van der Waals surface area contributed by atoms with Gasteiger partial charge in [-0.3, -0.25) is 4.79 Å². The van der Waals surface area contributed by atoms with Gasteiger partial charge in [0.2, 0.25) is 5.91 Å². The Morgan fingerprint density at radius 2 is 2.19 bits per heavy atom. The molecule has 1 heterocycles. The highest BCUT2D eigenvalue weighted by molar-refractivity contribution is 5.82. The van der Waals surface area contributed by atoms with Gasteiger partial charge in [0, 0.05) is 13.1 Å². The van der Waals surface area contributed by atoms with Gasteiger partial charge in [-0.15, -0.1) is 0 Å². The number of nitrogens with one attached hydrogen (secondary N) is 2. The summed E-state index contributed by atoms with van der Waals surface area (Å²) in [7, 11) is 0. The first-order valence-corrected chi connectivity index (χ1v) is 6.72. The maximum Gasteiger partial charge on any atom is 0.387 e. The van der Waals surface area contributed by atoms with Gasteiger partial charge in [0.1, 0.15) is 11.8 Å². The van der Waals surface area contributed by atoms with Crippen LogP contribution >= 0.6 is 0 Å². The van der Waals surface area contributed by atoms with Crippen LogP contribution in [0.1, 0.15) is 12.5 Å². The summed E-state index contributed by atoms with van der Waals surface area (Å²) in [5, 5.41) is 5.88. The maximum absolute atomic E-state index is 12.0. The SMILES string of the molecule is C[C@H]1OCCN[C@@H]1C(=O)NCc1ccc(OC(F)F)cc1. The van der Waals surface area contributed by atoms with E-state index in [1.807, 2.05) is 6.92 Å². The summed E-state index contributed by atoms with van der Waals surface area (Å²) in [6.45, 7) is 0.555. The van der Waals surface area contributed by atoms with E-state index in [4.69, 9.17) is 4.74 Å². The molecule has 0 aromatic heterocycles. The highest BCUT2D eigenvalue weighted by atomic mass is 19.3. The second kappa shape index (κ2) is 7.33. The number of ether oxygens (including phenoxy) is 2. The van der Waals surface area contributed by atoms with E-state index >= 15 is 0 Å². The molecule has 0 saturated carbocycles. The molecule has 1 aromatic rings. The summed E-state index contributed by atoms with van der Waals surface area (Å²) in [6.07, 6.45) is -0.180. The van der Waals surface area contributed by atoms with Crippen molar-refractivity contribution in [3.05, 3.63) is 29.8 Å². The first-order valence-electron chi connectivity index (χ1n) is 6.72. The Morgan fingerprint density at radius 3 is 2.81 bits per heavy atom. The largest absolute Gasteiger partial charge is 0.435 e. The molecule has 0 radical (unpaired) electrons. The molecule has 116 valence electrons. The molecule has 2 N–H and O–H groups in total. The van der Waals surface area contributed by atoms with E-state index in [1.165, 1.54) is 12.1 Å². The maximum atomic E-state index is 12.0. The van der Waals surface area contributed by atoms with Crippen molar-refractivity contribution in [1.29, 1.82) is 0 Å². The van der Waals surface area contributed by atoms with Crippen LogP contribution in [0, 0.1) is 0 Å². The van der Waals surface area contributed by atoms with Crippen LogP contribution in [0.4, 0.5) is 8.78 Å². The fraction of sp³-hybridized carbons (Fsp3) is 0.500. The predicted molar refractivity (Wildman–Crippen MR) is 72.1 cm³/mol. The molecule has 1 amide bonds. The van der Waals surface area contributed by atoms with Crippen LogP contribution in [0.5, 0.6) is 5.75 Å². The van der Waals surface area contributed by atoms with E-state index in [9.17, 15) is 13.6 Å². The Morgan fingerprint density at radius 1 is 1.48 bits per heavy atom. The number of rotatable bonds is 5. The van der Waals surface area contributed by atoms with Crippen LogP contribution in [-0.4, -0.2) is 37.8 Å². The minimum Gasteiger partial charge on any atom is -0.435 e. The molecule has 0 bridgehead atoms. The Balaban J connectivity index is 1.83. The fourth-order valence-corrected chi connectivity index (χ4v) is 2.12. The van der Waals surface area contributed by atoms with Crippen molar-refractivity contribution in [3.63, 3.8) is 0 Å². The van der Waals surface area contributed by atoms with Gasteiger partial charge in [-0.05, 0) is 24.6 Å². The summed E-state index contributed by atoms with van der Waals surface area (Å²) < 4.78 is 33.7. The van der Waals surface area contributed by atoms with Crippen molar-refractivity contribution < 1.29 is 23.0 Å². The minimum absolute atomic E-state index is 0.0936. The standard InChI is InChI=1S/C14H18F2N2O3/c1-9-12(17-6-7-20-9)13(19)18-8-10-2-4-11(5-3-10)21-14(15)16/h2-5,9,12,14,17H,6-8H2,1H3,(H,18,19)/t9-,12+/m1/s1. The third kappa shape index (κ3) is 4.64. The molecule has 5 nitrogen and oxygen atoms in total. The second-order valence-electron chi connectivity index (χ2n) is 4.75. The molecule has 0 spiro atoms. The number of carbonyl (C=O) groups is 1. The van der Waals surface area contributed by atoms with Crippen molar-refractivity contribution in [3.8, 4) is 5.75 Å². The highest BCUT2D eigenvalue weighted by Crippen LogP contribution is 2.14. The summed E-state index contributed by atoms with van der Waals surface area (Å²) >= 11 is 0. The molecule has 1 fully saturated rings. The molecule has 1 aliphatic heterocycles. The molecular formula is C14H18F2N2O3. The molecule has 21 heavy (non-hydrogen) atoms. The molecule has 1 aliphatic rings. The molecule has 2 rings (SSSR count). The number of alkyl halides is 2. The quantitative estimate of drug-likeness (QED) is 0.860. The summed E-state index contributed by atoms with van der Waals surface area (Å²) in [4.78, 5) is 12.0. The summed E-state index contributed by atoms with van der Waals surface area (Å²) in [5.74, 6) is -0.0499. The lowest BCUT2D eigenvalue weighted by atomic mass is 10.1. The number of hydrogen-bond acceptors (Lipinski definition) is 4. The fourth-order valence-electron chi connectivity index (χ4n) is 2.12. The zero-order chi connectivity index (χ0) is 15.2. The third-order valence-electron chi connectivity index (χ3n) is 3.21. The normalized spacial score (nSPS) is 22.1. The predicted octanol–water partition coefficient (Wildman–Crippen LogP) is 1.28. The first-order chi connectivity index (χ1) is 10.1. The summed E-state index contributed by atoms with van der Waals surface area (Å²) in [6, 6.07) is 5.77. The second-order valence-corrected chi connectivity index (χ2v) is 4.75. The first kappa shape index (κ1) is 15.7. The number of halogens is 2. The average Bonchev–Trinajstić information content (AvgIpc) is 2.46. The van der Waals surface area contributed by atoms with Crippen LogP contribution < -0.4 is 15.4 Å². The van der Waals surface area contributed by atoms with Gasteiger partial charge < -0.3 is 20.1 Å². The highest BCUT2D eigenvalue weighted by Gasteiger charge is 2.27. The Hall–Kier alpha value is -1.73. The smallest absolute Gasteiger partial charge is 0.387 e. The van der Waals surface area contributed by atoms with Gasteiger partial charge in [-0.2, -0.15) is 8.78 Å². The zero-order valence-corrected chi connectivity index (χ0v) is 11.6. The van der Waals surface area contributed by atoms with Gasteiger partial charge in [0.25, 0.3) is 0 Å². The van der Waals surface area contributed by atoms with Crippen molar-refractivity contribution in [2.75, 3.05) is 13.2 Å². The molecule has 0 unspecified atom stereocenters. The Bertz CT molecular complexity index is 468. The lowest BCUT2D eigenvalue weighted by Gasteiger charge is -2.29. The van der Waals surface area contributed by atoms with Crippen LogP contribution in [0.15, 0.2) is 24.3 Å². The van der Waals surface area contributed by atoms with Gasteiger partial charge in [-0.25, -0.2) is 0 Å². The van der Waals surface area contributed by atoms with E-state index in [-0.39, 0.29) is 23.8 Å². The molecule has 2 atom stereocenters. The average molecular weight is 300 g/mol. The van der Waals surface area contributed by atoms with E-state index in [2.05, 4.69) is 15.4 Å². The van der Waals surface area contributed by atoms with Crippen molar-refractivity contribution in [2.24, 2.45) is 0 Å². The van der Waals surface area contributed by atoms with Gasteiger partial charge >= 0.3 is 6.61 Å². The van der Waals surface area contributed by atoms with Crippen molar-refractivity contribution in [1.82, 2.24) is 10.6 Å². The number of morpholine rings is 1. The van der Waals surface area contributed by atoms with Gasteiger partial charge in [0.15, 0.2) is 0 Å². The Kier molecular flexibility index (Phi) is 5.46. The van der Waals surface area contributed by atoms with Crippen molar-refractivity contribution >= 4 is 5.91 Å². The van der Waals surface area contributed by atoms with Crippen LogP contribution in [0.2, 0.25) is 0 Å². The lowest BCUT2D eigenvalue weighted by molar-refractivity contribution is -0.129. The lowest BCUT2D eigenvalue weighted by Crippen LogP contribution is -2.55. The van der Waals surface area contributed by atoms with E-state index < -0.39 is 6.61 Å². The van der Waals surface area contributed by atoms with E-state index in [0.717, 1.165) is 5.56 Å². The zero-order valence-electron chi connectivity index (χ0n) is 11.6. The number of amides is 1. The van der Waals surface area contributed by atoms with E-state index in [1.54, 1.807) is 12.1 Å². The van der Waals surface area contributed by atoms with Crippen molar-refractivity contribution in [2.45, 2.75) is 32.2 Å². The van der Waals surface area contributed by atoms with Crippen LogP contribution in [-0.2, 0) is 16.1 Å². The summed E-state index contributed by atoms with van der Waals surface area (Å²) in [5.41, 5.74) is 0.800. The number of benzene rings is 1. The van der Waals surface area contributed by atoms with Gasteiger partial charge in [-0.1, -0.05) is 12.1 Å². The van der Waals surface area contributed by atoms with Crippen LogP contribution in [0.3, 0.4) is 0 Å². The molecule has 0 aliphatic carbocycles. The van der Waals surface area contributed by atoms with E-state index in [0.29, 0.717) is 19.7 Å². The van der Waals surface area contributed by atoms with Crippen LogP contribution in [0.25, 0.3) is 0 Å². The van der Waals surface area contributed by atoms with Gasteiger partial charge in [0.05, 0.1) is 12.7 Å². The minimum atomic E-state index is -2.84. The number of carbonyl (C=O) groups excluding carboxylic acids is 1. The molecule has 1 saturated heterocycles. The Labute approximate surface area is 121 Å². The molecule has 7 heteroatoms.